The third-order valence-electron chi connectivity index (χ3n) is 2.84. The second-order valence-corrected chi connectivity index (χ2v) is 4.56. The predicted octanol–water partition coefficient (Wildman–Crippen LogP) is 3.11. The van der Waals surface area contributed by atoms with Gasteiger partial charge in [-0.15, -0.1) is 0 Å². The summed E-state index contributed by atoms with van der Waals surface area (Å²) in [6.45, 7) is 2.24. The first-order valence-corrected chi connectivity index (χ1v) is 6.95. The van der Waals surface area contributed by atoms with E-state index in [1.165, 1.54) is 6.92 Å². The Kier molecular flexibility index (Phi) is 5.65. The van der Waals surface area contributed by atoms with Crippen LogP contribution in [0, 0.1) is 0 Å². The normalized spacial score (nSPS) is 9.91. The molecule has 0 saturated heterocycles. The van der Waals surface area contributed by atoms with E-state index in [1.54, 1.807) is 25.3 Å². The molecule has 5 heteroatoms. The monoisotopic (exact) mass is 301 g/mol. The Bertz CT molecular complexity index is 613. The molecule has 2 rings (SSSR count). The van der Waals surface area contributed by atoms with Gasteiger partial charge in [0.05, 0.1) is 7.11 Å². The van der Waals surface area contributed by atoms with Gasteiger partial charge >= 0.3 is 0 Å². The number of anilines is 1. The molecule has 0 aromatic heterocycles. The van der Waals surface area contributed by atoms with E-state index in [2.05, 4.69) is 5.32 Å². The SMILES string of the molecule is COc1ccc(NC(C)=O)cc1OCCOc1ccccc1. The average molecular weight is 301 g/mol. The van der Waals surface area contributed by atoms with Crippen LogP contribution < -0.4 is 19.5 Å². The van der Waals surface area contributed by atoms with Gasteiger partial charge in [0, 0.05) is 18.7 Å². The molecule has 0 bridgehead atoms. The van der Waals surface area contributed by atoms with Crippen molar-refractivity contribution in [1.29, 1.82) is 0 Å². The molecule has 5 nitrogen and oxygen atoms in total. The van der Waals surface area contributed by atoms with Crippen LogP contribution in [0.5, 0.6) is 17.2 Å². The van der Waals surface area contributed by atoms with Crippen molar-refractivity contribution in [2.24, 2.45) is 0 Å². The lowest BCUT2D eigenvalue weighted by Crippen LogP contribution is -2.10. The maximum atomic E-state index is 11.1. The van der Waals surface area contributed by atoms with Gasteiger partial charge in [0.1, 0.15) is 19.0 Å². The lowest BCUT2D eigenvalue weighted by molar-refractivity contribution is -0.114. The summed E-state index contributed by atoms with van der Waals surface area (Å²) in [5.74, 6) is 1.83. The van der Waals surface area contributed by atoms with Crippen molar-refractivity contribution in [2.45, 2.75) is 6.92 Å². The molecular weight excluding hydrogens is 282 g/mol. The van der Waals surface area contributed by atoms with Crippen LogP contribution in [0.3, 0.4) is 0 Å². The third-order valence-corrected chi connectivity index (χ3v) is 2.84. The van der Waals surface area contributed by atoms with Crippen LogP contribution in [0.25, 0.3) is 0 Å². The van der Waals surface area contributed by atoms with Crippen LogP contribution in [0.1, 0.15) is 6.92 Å². The molecule has 2 aromatic carbocycles. The molecule has 0 spiro atoms. The van der Waals surface area contributed by atoms with Crippen molar-refractivity contribution in [3.05, 3.63) is 48.5 Å². The predicted molar refractivity (Wildman–Crippen MR) is 84.7 cm³/mol. The first kappa shape index (κ1) is 15.7. The summed E-state index contributed by atoms with van der Waals surface area (Å²) in [5, 5.41) is 2.71. The fourth-order valence-electron chi connectivity index (χ4n) is 1.90. The number of methoxy groups -OCH3 is 1. The van der Waals surface area contributed by atoms with E-state index in [4.69, 9.17) is 14.2 Å². The number of benzene rings is 2. The van der Waals surface area contributed by atoms with Crippen LogP contribution in [0.15, 0.2) is 48.5 Å². The van der Waals surface area contributed by atoms with Crippen LogP contribution in [0.2, 0.25) is 0 Å². The number of ether oxygens (including phenoxy) is 3. The van der Waals surface area contributed by atoms with Crippen LogP contribution in [0.4, 0.5) is 5.69 Å². The largest absolute Gasteiger partial charge is 0.493 e. The van der Waals surface area contributed by atoms with E-state index in [-0.39, 0.29) is 5.91 Å². The van der Waals surface area contributed by atoms with Gasteiger partial charge < -0.3 is 19.5 Å². The average Bonchev–Trinajstić information content (AvgIpc) is 2.52. The van der Waals surface area contributed by atoms with Gasteiger partial charge in [-0.25, -0.2) is 0 Å². The maximum absolute atomic E-state index is 11.1. The number of carbonyl (C=O) groups excluding carboxylic acids is 1. The molecule has 0 aliphatic carbocycles. The zero-order chi connectivity index (χ0) is 15.8. The van der Waals surface area contributed by atoms with Crippen LogP contribution in [-0.4, -0.2) is 26.2 Å². The van der Waals surface area contributed by atoms with Crippen LogP contribution >= 0.6 is 0 Å². The number of nitrogens with one attached hydrogen (secondary N) is 1. The molecule has 0 heterocycles. The van der Waals surface area contributed by atoms with Crippen molar-refractivity contribution < 1.29 is 19.0 Å². The minimum Gasteiger partial charge on any atom is -0.493 e. The Morgan fingerprint density at radius 3 is 2.41 bits per heavy atom. The summed E-state index contributed by atoms with van der Waals surface area (Å²) in [7, 11) is 1.57. The van der Waals surface area contributed by atoms with E-state index in [9.17, 15) is 4.79 Å². The molecule has 2 aromatic rings. The minimum atomic E-state index is -0.136. The highest BCUT2D eigenvalue weighted by molar-refractivity contribution is 5.89. The molecule has 22 heavy (non-hydrogen) atoms. The van der Waals surface area contributed by atoms with Gasteiger partial charge in [-0.05, 0) is 24.3 Å². The second-order valence-electron chi connectivity index (χ2n) is 4.56. The van der Waals surface area contributed by atoms with Crippen molar-refractivity contribution in [2.75, 3.05) is 25.6 Å². The van der Waals surface area contributed by atoms with E-state index in [1.807, 2.05) is 30.3 Å². The van der Waals surface area contributed by atoms with E-state index >= 15 is 0 Å². The Hall–Kier alpha value is -2.69. The molecule has 0 atom stereocenters. The summed E-state index contributed by atoms with van der Waals surface area (Å²) in [6, 6.07) is 14.8. The number of amides is 1. The molecule has 0 aliphatic heterocycles. The Morgan fingerprint density at radius 1 is 1.00 bits per heavy atom. The topological polar surface area (TPSA) is 56.8 Å². The Morgan fingerprint density at radius 2 is 1.73 bits per heavy atom. The number of hydrogen-bond donors (Lipinski definition) is 1. The highest BCUT2D eigenvalue weighted by atomic mass is 16.5. The van der Waals surface area contributed by atoms with Crippen molar-refractivity contribution in [1.82, 2.24) is 0 Å². The molecule has 116 valence electrons. The van der Waals surface area contributed by atoms with E-state index < -0.39 is 0 Å². The quantitative estimate of drug-likeness (QED) is 0.798. The highest BCUT2D eigenvalue weighted by Crippen LogP contribution is 2.30. The van der Waals surface area contributed by atoms with Crippen LogP contribution in [-0.2, 0) is 4.79 Å². The van der Waals surface area contributed by atoms with Crippen molar-refractivity contribution in [3.8, 4) is 17.2 Å². The summed E-state index contributed by atoms with van der Waals surface area (Å²) < 4.78 is 16.5. The van der Waals surface area contributed by atoms with Crippen molar-refractivity contribution in [3.63, 3.8) is 0 Å². The van der Waals surface area contributed by atoms with Crippen molar-refractivity contribution >= 4 is 11.6 Å². The minimum absolute atomic E-state index is 0.136. The summed E-state index contributed by atoms with van der Waals surface area (Å²) in [5.41, 5.74) is 0.660. The van der Waals surface area contributed by atoms with Gasteiger partial charge in [-0.1, -0.05) is 18.2 Å². The first-order chi connectivity index (χ1) is 10.7. The molecule has 0 fully saturated rings. The zero-order valence-corrected chi connectivity index (χ0v) is 12.7. The fraction of sp³-hybridized carbons (Fsp3) is 0.235. The molecule has 0 unspecified atom stereocenters. The fourth-order valence-corrected chi connectivity index (χ4v) is 1.90. The maximum Gasteiger partial charge on any atom is 0.221 e. The molecular formula is C17H19NO4. The summed E-state index contributed by atoms with van der Waals surface area (Å²) >= 11 is 0. The number of carbonyl (C=O) groups is 1. The summed E-state index contributed by atoms with van der Waals surface area (Å²) in [6.07, 6.45) is 0. The van der Waals surface area contributed by atoms with Gasteiger partial charge in [0.25, 0.3) is 0 Å². The molecule has 0 aliphatic rings. The van der Waals surface area contributed by atoms with E-state index in [0.717, 1.165) is 5.75 Å². The van der Waals surface area contributed by atoms with Gasteiger partial charge in [-0.2, -0.15) is 0 Å². The van der Waals surface area contributed by atoms with Gasteiger partial charge in [0.2, 0.25) is 5.91 Å². The number of hydrogen-bond acceptors (Lipinski definition) is 4. The van der Waals surface area contributed by atoms with Gasteiger partial charge in [0.15, 0.2) is 11.5 Å². The highest BCUT2D eigenvalue weighted by Gasteiger charge is 2.07. The molecule has 0 saturated carbocycles. The molecule has 1 N–H and O–H groups in total. The molecule has 0 radical (unpaired) electrons. The lowest BCUT2D eigenvalue weighted by atomic mass is 10.2. The smallest absolute Gasteiger partial charge is 0.221 e. The third kappa shape index (κ3) is 4.70. The Balaban J connectivity index is 1.91. The number of para-hydroxylation sites is 1. The standard InChI is InChI=1S/C17H19NO4/c1-13(19)18-14-8-9-16(20-2)17(12-14)22-11-10-21-15-6-4-3-5-7-15/h3-9,12H,10-11H2,1-2H3,(H,18,19). The van der Waals surface area contributed by atoms with E-state index in [0.29, 0.717) is 30.4 Å². The lowest BCUT2D eigenvalue weighted by Gasteiger charge is -2.13. The van der Waals surface area contributed by atoms with Gasteiger partial charge in [-0.3, -0.25) is 4.79 Å². The molecule has 1 amide bonds. The zero-order valence-electron chi connectivity index (χ0n) is 12.7. The number of rotatable bonds is 7. The summed E-state index contributed by atoms with van der Waals surface area (Å²) in [4.78, 5) is 11.1. The first-order valence-electron chi connectivity index (χ1n) is 6.95. The second kappa shape index (κ2) is 7.93. The Labute approximate surface area is 129 Å².